The van der Waals surface area contributed by atoms with Crippen LogP contribution in [0.15, 0.2) is 23.6 Å². The number of likely N-dealkylation sites (N-methyl/N-ethyl adjacent to an activating group) is 1. The van der Waals surface area contributed by atoms with Gasteiger partial charge >= 0.3 is 5.97 Å². The SMILES string of the molecule is CCOC(=O)c1ccsc1NC(=O)CN(C)Cc1ccc(Cl)s1. The van der Waals surface area contributed by atoms with Crippen molar-refractivity contribution in [2.45, 2.75) is 13.5 Å². The van der Waals surface area contributed by atoms with E-state index in [0.29, 0.717) is 23.7 Å². The molecule has 0 aromatic carbocycles. The molecule has 0 fully saturated rings. The zero-order valence-electron chi connectivity index (χ0n) is 12.8. The maximum absolute atomic E-state index is 12.1. The van der Waals surface area contributed by atoms with Gasteiger partial charge < -0.3 is 10.1 Å². The van der Waals surface area contributed by atoms with Crippen LogP contribution in [0, 0.1) is 0 Å². The molecule has 0 saturated heterocycles. The number of carbonyl (C=O) groups excluding carboxylic acids is 2. The first-order valence-corrected chi connectivity index (χ1v) is 9.04. The van der Waals surface area contributed by atoms with Crippen LogP contribution >= 0.6 is 34.3 Å². The lowest BCUT2D eigenvalue weighted by atomic mass is 10.3. The van der Waals surface area contributed by atoms with E-state index in [0.717, 1.165) is 9.21 Å². The van der Waals surface area contributed by atoms with E-state index < -0.39 is 5.97 Å². The number of hydrogen-bond donors (Lipinski definition) is 1. The first-order valence-electron chi connectivity index (χ1n) is 6.96. The molecular weight excluding hydrogens is 356 g/mol. The fraction of sp³-hybridized carbons (Fsp3) is 0.333. The Morgan fingerprint density at radius 2 is 2.13 bits per heavy atom. The zero-order valence-corrected chi connectivity index (χ0v) is 15.2. The van der Waals surface area contributed by atoms with Crippen LogP contribution in [0.2, 0.25) is 4.34 Å². The molecule has 2 aromatic rings. The average Bonchev–Trinajstić information content (AvgIpc) is 3.08. The van der Waals surface area contributed by atoms with Crippen LogP contribution in [0.3, 0.4) is 0 Å². The van der Waals surface area contributed by atoms with Crippen LogP contribution < -0.4 is 5.32 Å². The topological polar surface area (TPSA) is 58.6 Å². The van der Waals surface area contributed by atoms with Gasteiger partial charge in [-0.2, -0.15) is 0 Å². The van der Waals surface area contributed by atoms with Crippen LogP contribution in [0.25, 0.3) is 0 Å². The van der Waals surface area contributed by atoms with E-state index in [2.05, 4.69) is 5.32 Å². The van der Waals surface area contributed by atoms with Gasteiger partial charge in [-0.25, -0.2) is 4.79 Å². The molecule has 5 nitrogen and oxygen atoms in total. The summed E-state index contributed by atoms with van der Waals surface area (Å²) in [7, 11) is 1.86. The highest BCUT2D eigenvalue weighted by Gasteiger charge is 2.17. The Morgan fingerprint density at radius 1 is 1.35 bits per heavy atom. The zero-order chi connectivity index (χ0) is 16.8. The van der Waals surface area contributed by atoms with E-state index in [1.54, 1.807) is 18.4 Å². The molecule has 2 aromatic heterocycles. The molecule has 0 radical (unpaired) electrons. The molecule has 124 valence electrons. The van der Waals surface area contributed by atoms with E-state index in [1.807, 2.05) is 24.1 Å². The van der Waals surface area contributed by atoms with Crippen molar-refractivity contribution < 1.29 is 14.3 Å². The number of rotatable bonds is 7. The predicted octanol–water partition coefficient (Wildman–Crippen LogP) is 3.71. The van der Waals surface area contributed by atoms with Crippen molar-refractivity contribution >= 4 is 51.2 Å². The molecule has 2 rings (SSSR count). The third-order valence-corrected chi connectivity index (χ3v) is 4.93. The van der Waals surface area contributed by atoms with Gasteiger partial charge in [0.2, 0.25) is 5.91 Å². The van der Waals surface area contributed by atoms with Crippen LogP contribution in [-0.4, -0.2) is 37.0 Å². The molecule has 0 spiro atoms. The normalized spacial score (nSPS) is 10.8. The van der Waals surface area contributed by atoms with Crippen LogP contribution in [-0.2, 0) is 16.1 Å². The molecular formula is C15H17ClN2O3S2. The summed E-state index contributed by atoms with van der Waals surface area (Å²) in [6, 6.07) is 5.43. The summed E-state index contributed by atoms with van der Waals surface area (Å²) in [6.45, 7) is 2.90. The average molecular weight is 373 g/mol. The highest BCUT2D eigenvalue weighted by atomic mass is 35.5. The molecule has 8 heteroatoms. The Kier molecular flexibility index (Phi) is 6.59. The predicted molar refractivity (Wildman–Crippen MR) is 94.6 cm³/mol. The standard InChI is InChI=1S/C15H17ClN2O3S2/c1-3-21-15(20)11-6-7-22-14(11)17-13(19)9-18(2)8-10-4-5-12(16)23-10/h4-7H,3,8-9H2,1-2H3,(H,17,19). The lowest BCUT2D eigenvalue weighted by molar-refractivity contribution is -0.117. The number of nitrogens with zero attached hydrogens (tertiary/aromatic N) is 1. The van der Waals surface area contributed by atoms with Gasteiger partial charge in [-0.3, -0.25) is 9.69 Å². The minimum atomic E-state index is -0.425. The second-order valence-corrected chi connectivity index (χ2v) is 7.53. The fourth-order valence-corrected chi connectivity index (χ4v) is 3.90. The van der Waals surface area contributed by atoms with Crippen molar-refractivity contribution in [2.75, 3.05) is 25.5 Å². The first kappa shape index (κ1) is 17.9. The lowest BCUT2D eigenvalue weighted by Gasteiger charge is -2.15. The molecule has 23 heavy (non-hydrogen) atoms. The summed E-state index contributed by atoms with van der Waals surface area (Å²) >= 11 is 8.69. The smallest absolute Gasteiger partial charge is 0.341 e. The molecule has 0 aliphatic rings. The van der Waals surface area contributed by atoms with Crippen LogP contribution in [0.4, 0.5) is 5.00 Å². The van der Waals surface area contributed by atoms with Gasteiger partial charge in [0.1, 0.15) is 5.00 Å². The quantitative estimate of drug-likeness (QED) is 0.753. The highest BCUT2D eigenvalue weighted by Crippen LogP contribution is 2.24. The maximum Gasteiger partial charge on any atom is 0.341 e. The molecule has 0 aliphatic heterocycles. The number of esters is 1. The van der Waals surface area contributed by atoms with Crippen molar-refractivity contribution in [1.29, 1.82) is 0 Å². The summed E-state index contributed by atoms with van der Waals surface area (Å²) in [5.41, 5.74) is 0.387. The number of nitrogens with one attached hydrogen (secondary N) is 1. The van der Waals surface area contributed by atoms with Gasteiger partial charge in [0.05, 0.1) is 23.1 Å². The van der Waals surface area contributed by atoms with Gasteiger partial charge in [0.25, 0.3) is 0 Å². The Hall–Kier alpha value is -1.41. The Bertz CT molecular complexity index is 684. The molecule has 0 unspecified atom stereocenters. The van der Waals surface area contributed by atoms with Crippen molar-refractivity contribution in [2.24, 2.45) is 0 Å². The number of carbonyl (C=O) groups is 2. The van der Waals surface area contributed by atoms with Gasteiger partial charge in [0.15, 0.2) is 0 Å². The van der Waals surface area contributed by atoms with E-state index >= 15 is 0 Å². The molecule has 2 heterocycles. The summed E-state index contributed by atoms with van der Waals surface area (Å²) in [5.74, 6) is -0.603. The molecule has 1 N–H and O–H groups in total. The van der Waals surface area contributed by atoms with Crippen molar-refractivity contribution in [3.63, 3.8) is 0 Å². The molecule has 0 bridgehead atoms. The van der Waals surface area contributed by atoms with Crippen LogP contribution in [0.5, 0.6) is 0 Å². The minimum absolute atomic E-state index is 0.178. The van der Waals surface area contributed by atoms with Crippen molar-refractivity contribution in [3.8, 4) is 0 Å². The minimum Gasteiger partial charge on any atom is -0.462 e. The third kappa shape index (κ3) is 5.31. The Balaban J connectivity index is 1.89. The van der Waals surface area contributed by atoms with E-state index in [1.165, 1.54) is 22.7 Å². The Labute approximate surface area is 147 Å². The number of halogens is 1. The highest BCUT2D eigenvalue weighted by molar-refractivity contribution is 7.16. The van der Waals surface area contributed by atoms with Crippen LogP contribution in [0.1, 0.15) is 22.2 Å². The number of ether oxygens (including phenoxy) is 1. The van der Waals surface area contributed by atoms with Gasteiger partial charge in [-0.05, 0) is 37.6 Å². The van der Waals surface area contributed by atoms with Gasteiger partial charge in [-0.1, -0.05) is 11.6 Å². The number of anilines is 1. The lowest BCUT2D eigenvalue weighted by Crippen LogP contribution is -2.29. The molecule has 0 saturated carbocycles. The summed E-state index contributed by atoms with van der Waals surface area (Å²) in [4.78, 5) is 26.9. The van der Waals surface area contributed by atoms with E-state index in [-0.39, 0.29) is 12.5 Å². The molecule has 0 aliphatic carbocycles. The third-order valence-electron chi connectivity index (χ3n) is 2.88. The summed E-state index contributed by atoms with van der Waals surface area (Å²) < 4.78 is 5.70. The van der Waals surface area contributed by atoms with E-state index in [9.17, 15) is 9.59 Å². The Morgan fingerprint density at radius 3 is 2.78 bits per heavy atom. The summed E-state index contributed by atoms with van der Waals surface area (Å²) in [6.07, 6.45) is 0. The second kappa shape index (κ2) is 8.44. The number of amides is 1. The fourth-order valence-electron chi connectivity index (χ4n) is 1.95. The van der Waals surface area contributed by atoms with E-state index in [4.69, 9.17) is 16.3 Å². The van der Waals surface area contributed by atoms with Gasteiger partial charge in [-0.15, -0.1) is 22.7 Å². The molecule has 0 atom stereocenters. The number of thiophene rings is 2. The van der Waals surface area contributed by atoms with Gasteiger partial charge in [0, 0.05) is 11.4 Å². The molecule has 1 amide bonds. The number of hydrogen-bond acceptors (Lipinski definition) is 6. The first-order chi connectivity index (χ1) is 11.0. The second-order valence-electron chi connectivity index (χ2n) is 4.81. The maximum atomic E-state index is 12.1. The summed E-state index contributed by atoms with van der Waals surface area (Å²) in [5, 5.41) is 5.03. The van der Waals surface area contributed by atoms with Crippen molar-refractivity contribution in [1.82, 2.24) is 4.90 Å². The largest absolute Gasteiger partial charge is 0.462 e. The van der Waals surface area contributed by atoms with Crippen molar-refractivity contribution in [3.05, 3.63) is 38.4 Å². The monoisotopic (exact) mass is 372 g/mol.